The molecule has 2 rings (SSSR count). The summed E-state index contributed by atoms with van der Waals surface area (Å²) in [5.41, 5.74) is 8.78. The molecule has 0 radical (unpaired) electrons. The maximum atomic E-state index is 5.99. The minimum atomic E-state index is 0.615. The lowest BCUT2D eigenvalue weighted by molar-refractivity contribution is 0.793. The highest BCUT2D eigenvalue weighted by atomic mass is 35.5. The molecular formula is C11H14ClN3. The van der Waals surface area contributed by atoms with Crippen molar-refractivity contribution < 1.29 is 0 Å². The number of halogens is 1. The van der Waals surface area contributed by atoms with E-state index in [9.17, 15) is 0 Å². The van der Waals surface area contributed by atoms with Crippen LogP contribution in [-0.2, 0) is 13.5 Å². The normalized spacial score (nSPS) is 11.2. The maximum absolute atomic E-state index is 5.99. The molecule has 0 aliphatic heterocycles. The van der Waals surface area contributed by atoms with E-state index >= 15 is 0 Å². The zero-order valence-corrected chi connectivity index (χ0v) is 9.67. The van der Waals surface area contributed by atoms with Crippen molar-refractivity contribution in [2.75, 3.05) is 6.54 Å². The van der Waals surface area contributed by atoms with Crippen LogP contribution in [0.5, 0.6) is 0 Å². The van der Waals surface area contributed by atoms with Crippen molar-refractivity contribution in [1.82, 2.24) is 9.55 Å². The van der Waals surface area contributed by atoms with Crippen molar-refractivity contribution >= 4 is 22.6 Å². The lowest BCUT2D eigenvalue weighted by Gasteiger charge is -2.02. The van der Waals surface area contributed by atoms with Crippen molar-refractivity contribution in [2.45, 2.75) is 13.3 Å². The molecule has 0 saturated heterocycles. The van der Waals surface area contributed by atoms with Crippen LogP contribution in [0, 0.1) is 6.92 Å². The molecule has 2 N–H and O–H groups in total. The van der Waals surface area contributed by atoms with E-state index < -0.39 is 0 Å². The topological polar surface area (TPSA) is 43.8 Å². The zero-order chi connectivity index (χ0) is 11.0. The van der Waals surface area contributed by atoms with Gasteiger partial charge >= 0.3 is 0 Å². The van der Waals surface area contributed by atoms with Crippen LogP contribution < -0.4 is 5.73 Å². The highest BCUT2D eigenvalue weighted by molar-refractivity contribution is 6.31. The molecule has 0 atom stereocenters. The molecule has 4 heteroatoms. The van der Waals surface area contributed by atoms with Gasteiger partial charge in [-0.25, -0.2) is 4.98 Å². The first-order chi connectivity index (χ1) is 7.13. The molecule has 0 spiro atoms. The fourth-order valence-electron chi connectivity index (χ4n) is 1.94. The Labute approximate surface area is 93.9 Å². The summed E-state index contributed by atoms with van der Waals surface area (Å²) in [4.78, 5) is 4.52. The summed E-state index contributed by atoms with van der Waals surface area (Å²) in [6.07, 6.45) is 0.794. The molecule has 0 amide bonds. The molecule has 3 nitrogen and oxygen atoms in total. The second-order valence-electron chi connectivity index (χ2n) is 3.72. The van der Waals surface area contributed by atoms with Crippen LogP contribution >= 0.6 is 11.6 Å². The van der Waals surface area contributed by atoms with E-state index in [1.54, 1.807) is 0 Å². The lowest BCUT2D eigenvalue weighted by Crippen LogP contribution is -2.07. The Morgan fingerprint density at radius 3 is 2.87 bits per heavy atom. The second kappa shape index (κ2) is 3.83. The molecule has 0 saturated carbocycles. The Kier molecular flexibility index (Phi) is 2.67. The summed E-state index contributed by atoms with van der Waals surface area (Å²) in [6.45, 7) is 2.66. The number of nitrogens with two attached hydrogens (primary N) is 1. The molecule has 1 aromatic heterocycles. The first kappa shape index (κ1) is 10.5. The van der Waals surface area contributed by atoms with Gasteiger partial charge in [0.25, 0.3) is 0 Å². The van der Waals surface area contributed by atoms with Crippen LogP contribution in [0.1, 0.15) is 11.4 Å². The summed E-state index contributed by atoms with van der Waals surface area (Å²) >= 11 is 5.99. The number of hydrogen-bond acceptors (Lipinski definition) is 2. The quantitative estimate of drug-likeness (QED) is 0.847. The van der Waals surface area contributed by atoms with Crippen molar-refractivity contribution in [3.8, 4) is 0 Å². The monoisotopic (exact) mass is 223 g/mol. The van der Waals surface area contributed by atoms with Crippen LogP contribution in [0.2, 0.25) is 5.02 Å². The predicted molar refractivity (Wildman–Crippen MR) is 63.2 cm³/mol. The van der Waals surface area contributed by atoms with E-state index in [1.165, 1.54) is 0 Å². The van der Waals surface area contributed by atoms with Gasteiger partial charge in [0.05, 0.1) is 11.0 Å². The van der Waals surface area contributed by atoms with Gasteiger partial charge in [0.15, 0.2) is 0 Å². The van der Waals surface area contributed by atoms with E-state index in [0.29, 0.717) is 6.54 Å². The summed E-state index contributed by atoms with van der Waals surface area (Å²) in [5.74, 6) is 1.01. The molecule has 15 heavy (non-hydrogen) atoms. The number of fused-ring (bicyclic) bond motifs is 1. The number of nitrogens with zero attached hydrogens (tertiary/aromatic N) is 2. The molecule has 0 unspecified atom stereocenters. The third-order valence-corrected chi connectivity index (χ3v) is 2.80. The molecule has 0 fully saturated rings. The van der Waals surface area contributed by atoms with Gasteiger partial charge in [-0.2, -0.15) is 0 Å². The summed E-state index contributed by atoms with van der Waals surface area (Å²) < 4.78 is 2.09. The Balaban J connectivity index is 2.70. The van der Waals surface area contributed by atoms with Crippen molar-refractivity contribution in [2.24, 2.45) is 12.8 Å². The van der Waals surface area contributed by atoms with Crippen LogP contribution in [-0.4, -0.2) is 16.1 Å². The van der Waals surface area contributed by atoms with Crippen LogP contribution in [0.25, 0.3) is 11.0 Å². The average molecular weight is 224 g/mol. The first-order valence-corrected chi connectivity index (χ1v) is 5.33. The van der Waals surface area contributed by atoms with E-state index in [-0.39, 0.29) is 0 Å². The minimum absolute atomic E-state index is 0.615. The first-order valence-electron chi connectivity index (χ1n) is 4.95. The summed E-state index contributed by atoms with van der Waals surface area (Å²) in [7, 11) is 2.02. The number of aryl methyl sites for hydroxylation is 2. The van der Waals surface area contributed by atoms with E-state index in [4.69, 9.17) is 17.3 Å². The van der Waals surface area contributed by atoms with Gasteiger partial charge in [0.2, 0.25) is 0 Å². The van der Waals surface area contributed by atoms with Gasteiger partial charge in [-0.15, -0.1) is 0 Å². The lowest BCUT2D eigenvalue weighted by atomic mass is 10.2. The van der Waals surface area contributed by atoms with E-state index in [1.807, 2.05) is 26.1 Å². The standard InChI is InChI=1S/C11H14ClN3/c1-7-5-8(12)6-9-11(7)15(2)10(14-9)3-4-13/h5-6H,3-4,13H2,1-2H3. The van der Waals surface area contributed by atoms with E-state index in [2.05, 4.69) is 9.55 Å². The molecule has 0 bridgehead atoms. The van der Waals surface area contributed by atoms with Crippen LogP contribution in [0.15, 0.2) is 12.1 Å². The van der Waals surface area contributed by atoms with Crippen LogP contribution in [0.4, 0.5) is 0 Å². The largest absolute Gasteiger partial charge is 0.331 e. The fraction of sp³-hybridized carbons (Fsp3) is 0.364. The smallest absolute Gasteiger partial charge is 0.110 e. The van der Waals surface area contributed by atoms with Gasteiger partial charge in [0.1, 0.15) is 5.82 Å². The summed E-state index contributed by atoms with van der Waals surface area (Å²) in [6, 6.07) is 3.85. The average Bonchev–Trinajstić information content (AvgIpc) is 2.43. The van der Waals surface area contributed by atoms with Gasteiger partial charge < -0.3 is 10.3 Å². The number of imidazole rings is 1. The molecular weight excluding hydrogens is 210 g/mol. The molecule has 0 aliphatic rings. The highest BCUT2D eigenvalue weighted by Crippen LogP contribution is 2.23. The second-order valence-corrected chi connectivity index (χ2v) is 4.15. The van der Waals surface area contributed by atoms with Gasteiger partial charge in [-0.05, 0) is 31.2 Å². The molecule has 80 valence electrons. The SMILES string of the molecule is Cc1cc(Cl)cc2nc(CCN)n(C)c12. The Morgan fingerprint density at radius 2 is 2.20 bits per heavy atom. The summed E-state index contributed by atoms with van der Waals surface area (Å²) in [5, 5.41) is 0.734. The van der Waals surface area contributed by atoms with E-state index in [0.717, 1.165) is 33.9 Å². The van der Waals surface area contributed by atoms with Gasteiger partial charge in [-0.3, -0.25) is 0 Å². The molecule has 2 aromatic rings. The Bertz CT molecular complexity index is 502. The predicted octanol–water partition coefficient (Wildman–Crippen LogP) is 2.04. The third kappa shape index (κ3) is 1.73. The molecule has 0 aliphatic carbocycles. The Morgan fingerprint density at radius 1 is 1.47 bits per heavy atom. The van der Waals surface area contributed by atoms with Gasteiger partial charge in [0, 0.05) is 18.5 Å². The highest BCUT2D eigenvalue weighted by Gasteiger charge is 2.09. The number of aromatic nitrogens is 2. The zero-order valence-electron chi connectivity index (χ0n) is 8.92. The third-order valence-electron chi connectivity index (χ3n) is 2.59. The van der Waals surface area contributed by atoms with Crippen molar-refractivity contribution in [3.63, 3.8) is 0 Å². The van der Waals surface area contributed by atoms with Crippen molar-refractivity contribution in [3.05, 3.63) is 28.5 Å². The fourth-order valence-corrected chi connectivity index (χ4v) is 2.20. The van der Waals surface area contributed by atoms with Crippen molar-refractivity contribution in [1.29, 1.82) is 0 Å². The van der Waals surface area contributed by atoms with Crippen LogP contribution in [0.3, 0.4) is 0 Å². The number of hydrogen-bond donors (Lipinski definition) is 1. The minimum Gasteiger partial charge on any atom is -0.331 e. The molecule has 1 heterocycles. The maximum Gasteiger partial charge on any atom is 0.110 e. The Hall–Kier alpha value is -1.06. The number of rotatable bonds is 2. The van der Waals surface area contributed by atoms with Gasteiger partial charge in [-0.1, -0.05) is 11.6 Å². The number of benzene rings is 1. The molecule has 1 aromatic carbocycles.